The second-order valence-electron chi connectivity index (χ2n) is 5.97. The van der Waals surface area contributed by atoms with Gasteiger partial charge in [-0.1, -0.05) is 48.6 Å². The zero-order valence-electron chi connectivity index (χ0n) is 13.8. The summed E-state index contributed by atoms with van der Waals surface area (Å²) in [6.45, 7) is 0. The van der Waals surface area contributed by atoms with Crippen LogP contribution in [-0.4, -0.2) is 49.4 Å². The lowest BCUT2D eigenvalue weighted by Crippen LogP contribution is -2.53. The number of likely N-dealkylation sites (N-methyl/N-ethyl adjacent to an activating group) is 2. The molecule has 0 saturated heterocycles. The van der Waals surface area contributed by atoms with Gasteiger partial charge in [-0.3, -0.25) is 14.6 Å². The molecule has 0 heterocycles. The highest BCUT2D eigenvalue weighted by Gasteiger charge is 2.32. The van der Waals surface area contributed by atoms with Crippen molar-refractivity contribution >= 4 is 5.78 Å². The van der Waals surface area contributed by atoms with Crippen molar-refractivity contribution in [1.29, 1.82) is 0 Å². The summed E-state index contributed by atoms with van der Waals surface area (Å²) in [5, 5.41) is 0. The third-order valence-corrected chi connectivity index (χ3v) is 4.22. The van der Waals surface area contributed by atoms with E-state index in [1.54, 1.807) is 6.08 Å². The van der Waals surface area contributed by atoms with Gasteiger partial charge in [0.05, 0.1) is 5.66 Å². The summed E-state index contributed by atoms with van der Waals surface area (Å²) < 4.78 is 0. The van der Waals surface area contributed by atoms with Crippen LogP contribution in [0.25, 0.3) is 0 Å². The summed E-state index contributed by atoms with van der Waals surface area (Å²) in [5.74, 6) is 0.0342. The van der Waals surface area contributed by atoms with Crippen molar-refractivity contribution in [3.63, 3.8) is 0 Å². The summed E-state index contributed by atoms with van der Waals surface area (Å²) in [4.78, 5) is 16.5. The minimum Gasteiger partial charge on any atom is -0.289 e. The van der Waals surface area contributed by atoms with Gasteiger partial charge in [0.25, 0.3) is 0 Å². The predicted octanol–water partition coefficient (Wildman–Crippen LogP) is 3.13. The molecule has 0 spiro atoms. The van der Waals surface area contributed by atoms with Crippen molar-refractivity contribution in [2.75, 3.05) is 28.2 Å². The van der Waals surface area contributed by atoms with Gasteiger partial charge in [-0.05, 0) is 45.9 Å². The van der Waals surface area contributed by atoms with Crippen LogP contribution >= 0.6 is 0 Å². The Labute approximate surface area is 133 Å². The lowest BCUT2D eigenvalue weighted by atomic mass is 9.94. The third-order valence-electron chi connectivity index (χ3n) is 4.22. The molecule has 0 aliphatic heterocycles. The summed E-state index contributed by atoms with van der Waals surface area (Å²) in [6.07, 6.45) is 10.9. The molecule has 0 radical (unpaired) electrons. The van der Waals surface area contributed by atoms with E-state index in [0.29, 0.717) is 0 Å². The largest absolute Gasteiger partial charge is 0.289 e. The summed E-state index contributed by atoms with van der Waals surface area (Å²) >= 11 is 0. The van der Waals surface area contributed by atoms with E-state index in [1.807, 2.05) is 36.4 Å². The molecule has 0 unspecified atom stereocenters. The molecule has 1 aliphatic rings. The second kappa shape index (κ2) is 6.86. The van der Waals surface area contributed by atoms with E-state index >= 15 is 0 Å². The van der Waals surface area contributed by atoms with Crippen LogP contribution in [0.15, 0.2) is 66.3 Å². The standard InChI is InChI=1S/C19H24N2O/c1-20(2)19(21(3)4)14-12-16(13-15-19)10-11-18(22)17-8-6-5-7-9-17/h5-14H,15H2,1-4H3. The molecule has 0 N–H and O–H groups in total. The minimum atomic E-state index is -0.0964. The highest BCUT2D eigenvalue weighted by atomic mass is 16.1. The van der Waals surface area contributed by atoms with Crippen molar-refractivity contribution in [1.82, 2.24) is 9.80 Å². The quantitative estimate of drug-likeness (QED) is 0.474. The third kappa shape index (κ3) is 3.43. The number of benzene rings is 1. The number of rotatable bonds is 5. The maximum atomic E-state index is 12.1. The zero-order valence-corrected chi connectivity index (χ0v) is 13.8. The average molecular weight is 296 g/mol. The van der Waals surface area contributed by atoms with Gasteiger partial charge in [0.2, 0.25) is 0 Å². The van der Waals surface area contributed by atoms with E-state index in [-0.39, 0.29) is 11.4 Å². The fourth-order valence-corrected chi connectivity index (χ4v) is 2.69. The van der Waals surface area contributed by atoms with Gasteiger partial charge in [0.1, 0.15) is 0 Å². The Balaban J connectivity index is 2.08. The molecule has 2 rings (SSSR count). The lowest BCUT2D eigenvalue weighted by molar-refractivity contribution is 0.0519. The molecule has 0 bridgehead atoms. The molecular weight excluding hydrogens is 272 g/mol. The van der Waals surface area contributed by atoms with Gasteiger partial charge in [-0.25, -0.2) is 0 Å². The monoisotopic (exact) mass is 296 g/mol. The van der Waals surface area contributed by atoms with E-state index in [4.69, 9.17) is 0 Å². The number of hydrogen-bond donors (Lipinski definition) is 0. The van der Waals surface area contributed by atoms with Crippen LogP contribution < -0.4 is 0 Å². The molecule has 1 aromatic carbocycles. The maximum Gasteiger partial charge on any atom is 0.185 e. The molecule has 22 heavy (non-hydrogen) atoms. The first-order valence-electron chi connectivity index (χ1n) is 7.47. The topological polar surface area (TPSA) is 23.6 Å². The fourth-order valence-electron chi connectivity index (χ4n) is 2.69. The van der Waals surface area contributed by atoms with Crippen molar-refractivity contribution in [2.24, 2.45) is 0 Å². The molecule has 0 aromatic heterocycles. The van der Waals surface area contributed by atoms with Crippen LogP contribution in [0, 0.1) is 0 Å². The Morgan fingerprint density at radius 1 is 1.09 bits per heavy atom. The molecule has 0 atom stereocenters. The van der Waals surface area contributed by atoms with Gasteiger partial charge in [0, 0.05) is 12.0 Å². The number of carbonyl (C=O) groups is 1. The van der Waals surface area contributed by atoms with E-state index in [9.17, 15) is 4.79 Å². The van der Waals surface area contributed by atoms with Crippen molar-refractivity contribution in [2.45, 2.75) is 12.1 Å². The zero-order chi connectivity index (χ0) is 16.2. The molecule has 116 valence electrons. The van der Waals surface area contributed by atoms with Crippen LogP contribution in [0.1, 0.15) is 16.8 Å². The average Bonchev–Trinajstić information content (AvgIpc) is 2.53. The molecule has 0 saturated carbocycles. The molecule has 1 aliphatic carbocycles. The Morgan fingerprint density at radius 2 is 1.73 bits per heavy atom. The Kier molecular flexibility index (Phi) is 5.11. The minimum absolute atomic E-state index is 0.0342. The first kappa shape index (κ1) is 16.4. The van der Waals surface area contributed by atoms with E-state index < -0.39 is 0 Å². The van der Waals surface area contributed by atoms with Crippen LogP contribution in [0.4, 0.5) is 0 Å². The highest BCUT2D eigenvalue weighted by Crippen LogP contribution is 2.28. The highest BCUT2D eigenvalue weighted by molar-refractivity contribution is 6.04. The number of allylic oxidation sites excluding steroid dienone is 4. The first-order valence-corrected chi connectivity index (χ1v) is 7.47. The number of ketones is 1. The number of carbonyl (C=O) groups excluding carboxylic acids is 1. The van der Waals surface area contributed by atoms with Crippen molar-refractivity contribution < 1.29 is 4.79 Å². The van der Waals surface area contributed by atoms with Gasteiger partial charge in [-0.2, -0.15) is 0 Å². The van der Waals surface area contributed by atoms with Gasteiger partial charge in [-0.15, -0.1) is 0 Å². The number of nitrogens with zero attached hydrogens (tertiary/aromatic N) is 2. The Morgan fingerprint density at radius 3 is 2.23 bits per heavy atom. The molecule has 0 fully saturated rings. The fraction of sp³-hybridized carbons (Fsp3) is 0.316. The van der Waals surface area contributed by atoms with Crippen LogP contribution in [0.5, 0.6) is 0 Å². The molecule has 1 aromatic rings. The van der Waals surface area contributed by atoms with E-state index in [0.717, 1.165) is 17.6 Å². The molecule has 3 nitrogen and oxygen atoms in total. The molecular formula is C19H24N2O. The summed E-state index contributed by atoms with van der Waals surface area (Å²) in [5.41, 5.74) is 1.69. The predicted molar refractivity (Wildman–Crippen MR) is 91.9 cm³/mol. The van der Waals surface area contributed by atoms with Crippen LogP contribution in [0.2, 0.25) is 0 Å². The van der Waals surface area contributed by atoms with Gasteiger partial charge >= 0.3 is 0 Å². The summed E-state index contributed by atoms with van der Waals surface area (Å²) in [6, 6.07) is 9.34. The molecule has 0 amide bonds. The van der Waals surface area contributed by atoms with Crippen molar-refractivity contribution in [3.05, 3.63) is 71.8 Å². The van der Waals surface area contributed by atoms with Crippen molar-refractivity contribution in [3.8, 4) is 0 Å². The SMILES string of the molecule is CN(C)C1(N(C)C)C=CC(C=CC(=O)c2ccccc2)=CC1. The smallest absolute Gasteiger partial charge is 0.185 e. The van der Waals surface area contributed by atoms with Crippen LogP contribution in [0.3, 0.4) is 0 Å². The second-order valence-corrected chi connectivity index (χ2v) is 5.97. The maximum absolute atomic E-state index is 12.1. The number of hydrogen-bond acceptors (Lipinski definition) is 3. The van der Waals surface area contributed by atoms with Gasteiger partial charge in [0.15, 0.2) is 5.78 Å². The Bertz CT molecular complexity index is 602. The normalized spacial score (nSPS) is 17.3. The molecule has 3 heteroatoms. The van der Waals surface area contributed by atoms with E-state index in [1.165, 1.54) is 0 Å². The van der Waals surface area contributed by atoms with Gasteiger partial charge < -0.3 is 0 Å². The van der Waals surface area contributed by atoms with E-state index in [2.05, 4.69) is 56.2 Å². The van der Waals surface area contributed by atoms with Crippen LogP contribution in [-0.2, 0) is 0 Å². The first-order chi connectivity index (χ1) is 10.5. The Hall–Kier alpha value is -1.97. The lowest BCUT2D eigenvalue weighted by Gasteiger charge is -2.44. The summed E-state index contributed by atoms with van der Waals surface area (Å²) in [7, 11) is 8.33.